The molecule has 0 unspecified atom stereocenters. The van der Waals surface area contributed by atoms with Crippen molar-refractivity contribution in [1.82, 2.24) is 9.80 Å². The van der Waals surface area contributed by atoms with E-state index in [0.29, 0.717) is 25.5 Å². The van der Waals surface area contributed by atoms with E-state index < -0.39 is 0 Å². The standard InChI is InChI=1S/C31H35N3O3/c1-24-30-22-28(13-12-27(30)23-37-24)32-31(35)34(17-16-33-18-20-36-21-19-33)15-14-29(25-8-4-2-5-9-25)26-10-6-3-7-11-26/h2-13,22,29H,1,14-21,23H2,(H,32,35). The van der Waals surface area contributed by atoms with Crippen molar-refractivity contribution in [2.45, 2.75) is 18.9 Å². The second-order valence-corrected chi connectivity index (χ2v) is 9.62. The number of nitrogens with one attached hydrogen (secondary N) is 1. The number of urea groups is 1. The maximum Gasteiger partial charge on any atom is 0.321 e. The second-order valence-electron chi connectivity index (χ2n) is 9.62. The lowest BCUT2D eigenvalue weighted by molar-refractivity contribution is 0.0351. The molecule has 192 valence electrons. The SMILES string of the molecule is C=C1OCc2ccc(NC(=O)N(CCC(c3ccccc3)c3ccccc3)CCN3CCOCC3)cc21. The average Bonchev–Trinajstić information content (AvgIpc) is 3.32. The maximum atomic E-state index is 13.6. The Hall–Kier alpha value is -3.61. The summed E-state index contributed by atoms with van der Waals surface area (Å²) >= 11 is 0. The Morgan fingerprint density at radius 2 is 1.62 bits per heavy atom. The van der Waals surface area contributed by atoms with Gasteiger partial charge in [0.15, 0.2) is 0 Å². The number of amides is 2. The van der Waals surface area contributed by atoms with E-state index in [1.54, 1.807) is 0 Å². The highest BCUT2D eigenvalue weighted by Gasteiger charge is 2.22. The van der Waals surface area contributed by atoms with Crippen LogP contribution in [0.25, 0.3) is 5.76 Å². The topological polar surface area (TPSA) is 54.0 Å². The number of carbonyl (C=O) groups is 1. The lowest BCUT2D eigenvalue weighted by Gasteiger charge is -2.31. The van der Waals surface area contributed by atoms with E-state index in [4.69, 9.17) is 9.47 Å². The molecule has 0 saturated carbocycles. The summed E-state index contributed by atoms with van der Waals surface area (Å²) in [4.78, 5) is 17.9. The summed E-state index contributed by atoms with van der Waals surface area (Å²) in [5.41, 5.74) is 5.35. The maximum absolute atomic E-state index is 13.6. The molecule has 0 bridgehead atoms. The predicted molar refractivity (Wildman–Crippen MR) is 147 cm³/mol. The fraction of sp³-hybridized carbons (Fsp3) is 0.323. The summed E-state index contributed by atoms with van der Waals surface area (Å²) in [5, 5.41) is 3.13. The smallest absolute Gasteiger partial charge is 0.321 e. The molecule has 1 saturated heterocycles. The third-order valence-electron chi connectivity index (χ3n) is 7.23. The number of anilines is 1. The molecule has 0 radical (unpaired) electrons. The number of carbonyl (C=O) groups excluding carboxylic acids is 1. The van der Waals surface area contributed by atoms with Crippen LogP contribution in [0.15, 0.2) is 85.4 Å². The first-order chi connectivity index (χ1) is 18.2. The van der Waals surface area contributed by atoms with Gasteiger partial charge in [-0.15, -0.1) is 0 Å². The highest BCUT2D eigenvalue weighted by Crippen LogP contribution is 2.31. The van der Waals surface area contributed by atoms with Crippen molar-refractivity contribution in [2.24, 2.45) is 0 Å². The molecule has 2 aliphatic heterocycles. The van der Waals surface area contributed by atoms with Crippen LogP contribution in [0.1, 0.15) is 34.6 Å². The first-order valence-electron chi connectivity index (χ1n) is 13.1. The summed E-state index contributed by atoms with van der Waals surface area (Å²) < 4.78 is 11.1. The summed E-state index contributed by atoms with van der Waals surface area (Å²) in [6.07, 6.45) is 0.833. The third kappa shape index (κ3) is 6.40. The highest BCUT2D eigenvalue weighted by atomic mass is 16.5. The molecule has 2 aliphatic rings. The molecule has 3 aromatic carbocycles. The van der Waals surface area contributed by atoms with Gasteiger partial charge >= 0.3 is 6.03 Å². The zero-order valence-corrected chi connectivity index (χ0v) is 21.3. The van der Waals surface area contributed by atoms with Crippen molar-refractivity contribution < 1.29 is 14.3 Å². The van der Waals surface area contributed by atoms with E-state index in [-0.39, 0.29) is 11.9 Å². The van der Waals surface area contributed by atoms with Gasteiger partial charge in [-0.3, -0.25) is 4.90 Å². The average molecular weight is 498 g/mol. The van der Waals surface area contributed by atoms with Crippen LogP contribution in [0.5, 0.6) is 0 Å². The quantitative estimate of drug-likeness (QED) is 0.420. The van der Waals surface area contributed by atoms with Crippen LogP contribution in [-0.4, -0.2) is 61.8 Å². The van der Waals surface area contributed by atoms with Crippen molar-refractivity contribution in [2.75, 3.05) is 51.3 Å². The minimum absolute atomic E-state index is 0.0855. The molecule has 0 aromatic heterocycles. The van der Waals surface area contributed by atoms with Crippen LogP contribution < -0.4 is 5.32 Å². The zero-order valence-electron chi connectivity index (χ0n) is 21.3. The highest BCUT2D eigenvalue weighted by molar-refractivity contribution is 5.90. The molecule has 1 N–H and O–H groups in total. The Labute approximate surface area is 219 Å². The molecule has 0 atom stereocenters. The predicted octanol–water partition coefficient (Wildman–Crippen LogP) is 5.58. The zero-order chi connectivity index (χ0) is 25.5. The number of fused-ring (bicyclic) bond motifs is 1. The van der Waals surface area contributed by atoms with Crippen molar-refractivity contribution in [1.29, 1.82) is 0 Å². The van der Waals surface area contributed by atoms with E-state index in [1.165, 1.54) is 11.1 Å². The fourth-order valence-electron chi connectivity index (χ4n) is 5.07. The molecular formula is C31H35N3O3. The molecule has 6 heteroatoms. The van der Waals surface area contributed by atoms with Crippen molar-refractivity contribution in [3.05, 3.63) is 108 Å². The van der Waals surface area contributed by atoms with E-state index >= 15 is 0 Å². The summed E-state index contributed by atoms with van der Waals surface area (Å²) in [5.74, 6) is 0.866. The van der Waals surface area contributed by atoms with Crippen molar-refractivity contribution in [3.8, 4) is 0 Å². The molecular weight excluding hydrogens is 462 g/mol. The number of hydrogen-bond donors (Lipinski definition) is 1. The van der Waals surface area contributed by atoms with Gasteiger partial charge in [0, 0.05) is 55.5 Å². The normalized spacial score (nSPS) is 15.3. The van der Waals surface area contributed by atoms with Crippen LogP contribution in [0.3, 0.4) is 0 Å². The van der Waals surface area contributed by atoms with Crippen LogP contribution in [-0.2, 0) is 16.1 Å². The first kappa shape index (κ1) is 25.1. The largest absolute Gasteiger partial charge is 0.489 e. The molecule has 2 heterocycles. The molecule has 37 heavy (non-hydrogen) atoms. The molecule has 1 fully saturated rings. The number of benzene rings is 3. The van der Waals surface area contributed by atoms with Crippen LogP contribution >= 0.6 is 0 Å². The monoisotopic (exact) mass is 497 g/mol. The van der Waals surface area contributed by atoms with Crippen LogP contribution in [0.2, 0.25) is 0 Å². The Kier molecular flexibility index (Phi) is 8.18. The molecule has 0 aliphatic carbocycles. The van der Waals surface area contributed by atoms with Gasteiger partial charge in [-0.1, -0.05) is 73.3 Å². The first-order valence-corrected chi connectivity index (χ1v) is 13.1. The minimum Gasteiger partial charge on any atom is -0.489 e. The molecule has 3 aromatic rings. The van der Waals surface area contributed by atoms with Crippen LogP contribution in [0, 0.1) is 0 Å². The minimum atomic E-state index is -0.0855. The number of ether oxygens (including phenoxy) is 2. The molecule has 5 rings (SSSR count). The van der Waals surface area contributed by atoms with E-state index in [0.717, 1.165) is 56.1 Å². The van der Waals surface area contributed by atoms with Gasteiger partial charge in [-0.2, -0.15) is 0 Å². The number of hydrogen-bond acceptors (Lipinski definition) is 4. The molecule has 0 spiro atoms. The Bertz CT molecular complexity index is 1150. The van der Waals surface area contributed by atoms with Gasteiger partial charge < -0.3 is 19.7 Å². The van der Waals surface area contributed by atoms with Gasteiger partial charge in [-0.05, 0) is 29.7 Å². The van der Waals surface area contributed by atoms with E-state index in [1.807, 2.05) is 35.2 Å². The van der Waals surface area contributed by atoms with Crippen molar-refractivity contribution in [3.63, 3.8) is 0 Å². The lowest BCUT2D eigenvalue weighted by Crippen LogP contribution is -2.44. The lowest BCUT2D eigenvalue weighted by atomic mass is 9.88. The van der Waals surface area contributed by atoms with Gasteiger partial charge in [0.1, 0.15) is 12.4 Å². The van der Waals surface area contributed by atoms with Gasteiger partial charge in [0.2, 0.25) is 0 Å². The summed E-state index contributed by atoms with van der Waals surface area (Å²) in [6, 6.07) is 26.9. The van der Waals surface area contributed by atoms with Gasteiger partial charge in [-0.25, -0.2) is 4.79 Å². The number of nitrogens with zero attached hydrogens (tertiary/aromatic N) is 2. The number of rotatable bonds is 9. The molecule has 2 amide bonds. The van der Waals surface area contributed by atoms with E-state index in [2.05, 4.69) is 65.3 Å². The second kappa shape index (κ2) is 12.1. The third-order valence-corrected chi connectivity index (χ3v) is 7.23. The van der Waals surface area contributed by atoms with Crippen LogP contribution in [0.4, 0.5) is 10.5 Å². The molecule has 6 nitrogen and oxygen atoms in total. The Balaban J connectivity index is 1.32. The van der Waals surface area contributed by atoms with E-state index in [9.17, 15) is 4.79 Å². The Morgan fingerprint density at radius 3 is 2.30 bits per heavy atom. The Morgan fingerprint density at radius 1 is 0.946 bits per heavy atom. The van der Waals surface area contributed by atoms with Gasteiger partial charge in [0.25, 0.3) is 0 Å². The van der Waals surface area contributed by atoms with Crippen molar-refractivity contribution >= 4 is 17.5 Å². The fourth-order valence-corrected chi connectivity index (χ4v) is 5.07. The van der Waals surface area contributed by atoms with Gasteiger partial charge in [0.05, 0.1) is 13.2 Å². The summed E-state index contributed by atoms with van der Waals surface area (Å²) in [6.45, 7) is 9.94. The summed E-state index contributed by atoms with van der Waals surface area (Å²) in [7, 11) is 0. The number of morpholine rings is 1.